The molecule has 1 aliphatic carbocycles. The summed E-state index contributed by atoms with van der Waals surface area (Å²) in [6.07, 6.45) is -1.48. The molecular formula is C26H32N2O6. The molecule has 0 aliphatic heterocycles. The summed E-state index contributed by atoms with van der Waals surface area (Å²) in [5, 5.41) is 23.2. The number of fused-ring (bicyclic) bond motifs is 3. The Morgan fingerprint density at radius 1 is 1.00 bits per heavy atom. The van der Waals surface area contributed by atoms with E-state index in [1.54, 1.807) is 0 Å². The number of carbonyl (C=O) groups excluding carboxylic acids is 2. The number of hydrogen-bond acceptors (Lipinski definition) is 5. The molecule has 4 N–H and O–H groups in total. The lowest BCUT2D eigenvalue weighted by atomic mass is 9.88. The molecule has 0 bridgehead atoms. The van der Waals surface area contributed by atoms with Crippen molar-refractivity contribution in [2.75, 3.05) is 13.2 Å². The smallest absolute Gasteiger partial charge is 0.407 e. The molecule has 2 atom stereocenters. The number of ether oxygens (including phenoxy) is 1. The summed E-state index contributed by atoms with van der Waals surface area (Å²) in [5.74, 6) is -2.11. The predicted octanol–water partition coefficient (Wildman–Crippen LogP) is 3.28. The first kappa shape index (κ1) is 25.2. The molecule has 0 saturated heterocycles. The lowest BCUT2D eigenvalue weighted by molar-refractivity contribution is -0.146. The second-order valence-electron chi connectivity index (χ2n) is 9.72. The molecule has 0 heterocycles. The maximum Gasteiger partial charge on any atom is 0.407 e. The highest BCUT2D eigenvalue weighted by molar-refractivity contribution is 5.86. The van der Waals surface area contributed by atoms with Crippen LogP contribution in [0.1, 0.15) is 50.7 Å². The molecule has 0 saturated carbocycles. The number of aliphatic hydroxyl groups is 1. The van der Waals surface area contributed by atoms with Gasteiger partial charge in [0, 0.05) is 5.92 Å². The van der Waals surface area contributed by atoms with Gasteiger partial charge in [-0.15, -0.1) is 0 Å². The Balaban J connectivity index is 1.65. The predicted molar refractivity (Wildman–Crippen MR) is 127 cm³/mol. The van der Waals surface area contributed by atoms with Crippen LogP contribution in [0.15, 0.2) is 48.5 Å². The zero-order valence-corrected chi connectivity index (χ0v) is 19.7. The summed E-state index contributed by atoms with van der Waals surface area (Å²) in [4.78, 5) is 36.1. The minimum absolute atomic E-state index is 0.0814. The van der Waals surface area contributed by atoms with Crippen molar-refractivity contribution in [3.05, 3.63) is 59.7 Å². The molecule has 2 amide bonds. The average Bonchev–Trinajstić information content (AvgIpc) is 3.11. The van der Waals surface area contributed by atoms with Crippen LogP contribution in [-0.4, -0.2) is 53.5 Å². The molecule has 2 aromatic carbocycles. The standard InChI is InChI=1S/C26H32N2O6/c1-26(2,3)13-12-21(23(30)27-14-22(29)24(31)32)28-25(33)34-15-20-18-10-6-4-8-16(18)17-9-5-7-11-19(17)20/h4-11,20-22,29H,12-15H2,1-3H3,(H,27,30)(H,28,33)(H,31,32)/t21?,22-/m0/s1. The van der Waals surface area contributed by atoms with Crippen molar-refractivity contribution in [1.29, 1.82) is 0 Å². The third kappa shape index (κ3) is 6.35. The monoisotopic (exact) mass is 468 g/mol. The molecular weight excluding hydrogens is 436 g/mol. The maximum atomic E-state index is 12.7. The Morgan fingerprint density at radius 2 is 1.56 bits per heavy atom. The van der Waals surface area contributed by atoms with Gasteiger partial charge in [-0.3, -0.25) is 4.79 Å². The molecule has 2 aromatic rings. The number of amides is 2. The number of benzene rings is 2. The van der Waals surface area contributed by atoms with Crippen molar-refractivity contribution in [2.24, 2.45) is 5.41 Å². The first-order valence-corrected chi connectivity index (χ1v) is 11.4. The topological polar surface area (TPSA) is 125 Å². The summed E-state index contributed by atoms with van der Waals surface area (Å²) in [6.45, 7) is 5.72. The maximum absolute atomic E-state index is 12.7. The molecule has 1 aliphatic rings. The number of carboxylic acid groups (broad SMARTS) is 1. The van der Waals surface area contributed by atoms with E-state index >= 15 is 0 Å². The Hall–Kier alpha value is -3.39. The normalized spacial score (nSPS) is 14.5. The van der Waals surface area contributed by atoms with Crippen LogP contribution < -0.4 is 10.6 Å². The molecule has 0 radical (unpaired) electrons. The molecule has 8 nitrogen and oxygen atoms in total. The molecule has 34 heavy (non-hydrogen) atoms. The van der Waals surface area contributed by atoms with Crippen molar-refractivity contribution in [2.45, 2.75) is 51.7 Å². The molecule has 0 aromatic heterocycles. The second-order valence-corrected chi connectivity index (χ2v) is 9.72. The minimum atomic E-state index is -1.72. The molecule has 0 spiro atoms. The van der Waals surface area contributed by atoms with Gasteiger partial charge < -0.3 is 25.6 Å². The number of aliphatic carboxylic acids is 1. The lowest BCUT2D eigenvalue weighted by Crippen LogP contribution is -2.49. The summed E-state index contributed by atoms with van der Waals surface area (Å²) in [7, 11) is 0. The van der Waals surface area contributed by atoms with Gasteiger partial charge in [0.15, 0.2) is 6.10 Å². The van der Waals surface area contributed by atoms with Gasteiger partial charge in [-0.2, -0.15) is 0 Å². The van der Waals surface area contributed by atoms with Gasteiger partial charge in [0.25, 0.3) is 0 Å². The first-order valence-electron chi connectivity index (χ1n) is 11.4. The van der Waals surface area contributed by atoms with Gasteiger partial charge in [0.05, 0.1) is 6.54 Å². The van der Waals surface area contributed by atoms with Gasteiger partial charge in [-0.25, -0.2) is 9.59 Å². The van der Waals surface area contributed by atoms with Crippen LogP contribution in [-0.2, 0) is 14.3 Å². The van der Waals surface area contributed by atoms with Crippen LogP contribution in [0.5, 0.6) is 0 Å². The summed E-state index contributed by atoms with van der Waals surface area (Å²) >= 11 is 0. The fourth-order valence-corrected chi connectivity index (χ4v) is 4.04. The third-order valence-corrected chi connectivity index (χ3v) is 5.89. The average molecular weight is 469 g/mol. The summed E-state index contributed by atoms with van der Waals surface area (Å²) in [5.41, 5.74) is 4.32. The quantitative estimate of drug-likeness (QED) is 0.448. The van der Waals surface area contributed by atoms with E-state index in [1.807, 2.05) is 69.3 Å². The van der Waals surface area contributed by atoms with E-state index in [-0.39, 0.29) is 17.9 Å². The van der Waals surface area contributed by atoms with E-state index < -0.39 is 36.7 Å². The van der Waals surface area contributed by atoms with Gasteiger partial charge >= 0.3 is 12.1 Å². The van der Waals surface area contributed by atoms with Crippen LogP contribution in [0.4, 0.5) is 4.79 Å². The minimum Gasteiger partial charge on any atom is -0.479 e. The number of nitrogens with one attached hydrogen (secondary N) is 2. The van der Waals surface area contributed by atoms with Crippen molar-refractivity contribution in [3.63, 3.8) is 0 Å². The molecule has 182 valence electrons. The van der Waals surface area contributed by atoms with E-state index in [4.69, 9.17) is 9.84 Å². The number of rotatable bonds is 9. The van der Waals surface area contributed by atoms with E-state index in [1.165, 1.54) is 0 Å². The second kappa shape index (κ2) is 10.7. The van der Waals surface area contributed by atoms with Gasteiger partial charge in [0.1, 0.15) is 12.6 Å². The van der Waals surface area contributed by atoms with Crippen LogP contribution in [0, 0.1) is 5.41 Å². The number of alkyl carbamates (subject to hydrolysis) is 1. The number of carbonyl (C=O) groups is 3. The van der Waals surface area contributed by atoms with Crippen molar-refractivity contribution in [1.82, 2.24) is 10.6 Å². The van der Waals surface area contributed by atoms with Crippen LogP contribution in [0.2, 0.25) is 0 Å². The van der Waals surface area contributed by atoms with Crippen LogP contribution >= 0.6 is 0 Å². The third-order valence-electron chi connectivity index (χ3n) is 5.89. The van der Waals surface area contributed by atoms with Gasteiger partial charge in [-0.1, -0.05) is 69.3 Å². The van der Waals surface area contributed by atoms with E-state index in [2.05, 4.69) is 10.6 Å². The fraction of sp³-hybridized carbons (Fsp3) is 0.423. The zero-order valence-electron chi connectivity index (χ0n) is 19.7. The van der Waals surface area contributed by atoms with Gasteiger partial charge in [-0.05, 0) is 40.5 Å². The molecule has 3 rings (SSSR count). The van der Waals surface area contributed by atoms with Crippen LogP contribution in [0.3, 0.4) is 0 Å². The zero-order chi connectivity index (χ0) is 24.9. The highest BCUT2D eigenvalue weighted by Gasteiger charge is 2.30. The Kier molecular flexibility index (Phi) is 7.94. The number of aliphatic hydroxyl groups excluding tert-OH is 1. The van der Waals surface area contributed by atoms with Crippen molar-refractivity contribution >= 4 is 18.0 Å². The number of hydrogen-bond donors (Lipinski definition) is 4. The Labute approximate surface area is 199 Å². The van der Waals surface area contributed by atoms with E-state index in [0.717, 1.165) is 22.3 Å². The fourth-order valence-electron chi connectivity index (χ4n) is 4.04. The molecule has 0 fully saturated rings. The number of carboxylic acids is 1. The SMILES string of the molecule is CC(C)(C)CCC(NC(=O)OCC1c2ccccc2-c2ccccc21)C(=O)NC[C@H](O)C(=O)O. The van der Waals surface area contributed by atoms with E-state index in [9.17, 15) is 19.5 Å². The van der Waals surface area contributed by atoms with Crippen molar-refractivity contribution in [3.8, 4) is 11.1 Å². The lowest BCUT2D eigenvalue weighted by Gasteiger charge is -2.24. The first-order chi connectivity index (χ1) is 16.1. The summed E-state index contributed by atoms with van der Waals surface area (Å²) in [6, 6.07) is 15.1. The summed E-state index contributed by atoms with van der Waals surface area (Å²) < 4.78 is 5.54. The molecule has 1 unspecified atom stereocenters. The highest BCUT2D eigenvalue weighted by Crippen LogP contribution is 2.44. The Morgan fingerprint density at radius 3 is 2.09 bits per heavy atom. The van der Waals surface area contributed by atoms with Crippen LogP contribution in [0.25, 0.3) is 11.1 Å². The van der Waals surface area contributed by atoms with Crippen molar-refractivity contribution < 1.29 is 29.3 Å². The molecule has 8 heteroatoms. The highest BCUT2D eigenvalue weighted by atomic mass is 16.5. The van der Waals surface area contributed by atoms with Gasteiger partial charge in [0.2, 0.25) is 5.91 Å². The Bertz CT molecular complexity index is 1000. The largest absolute Gasteiger partial charge is 0.479 e. The van der Waals surface area contributed by atoms with E-state index in [0.29, 0.717) is 12.8 Å².